The van der Waals surface area contributed by atoms with E-state index in [4.69, 9.17) is 4.74 Å². The fourth-order valence-electron chi connectivity index (χ4n) is 2.77. The normalized spacial score (nSPS) is 15.4. The molecule has 0 radical (unpaired) electrons. The van der Waals surface area contributed by atoms with E-state index in [1.54, 1.807) is 16.2 Å². The van der Waals surface area contributed by atoms with Gasteiger partial charge in [0.15, 0.2) is 18.2 Å². The molecule has 0 saturated carbocycles. The largest absolute Gasteiger partial charge is 0.481 e. The monoisotopic (exact) mass is 366 g/mol. The molecule has 2 aromatic rings. The molecule has 0 N–H and O–H groups in total. The van der Waals surface area contributed by atoms with Gasteiger partial charge < -0.3 is 9.64 Å². The van der Waals surface area contributed by atoms with Crippen molar-refractivity contribution in [3.05, 3.63) is 52.2 Å². The van der Waals surface area contributed by atoms with Gasteiger partial charge in [0.05, 0.1) is 0 Å². The first kappa shape index (κ1) is 17.8. The van der Waals surface area contributed by atoms with Crippen molar-refractivity contribution in [1.29, 1.82) is 0 Å². The van der Waals surface area contributed by atoms with Crippen LogP contribution in [0.3, 0.4) is 0 Å². The first-order chi connectivity index (χ1) is 12.1. The third kappa shape index (κ3) is 4.99. The summed E-state index contributed by atoms with van der Waals surface area (Å²) in [6.45, 7) is 3.67. The Morgan fingerprint density at radius 2 is 1.96 bits per heavy atom. The van der Waals surface area contributed by atoms with Gasteiger partial charge in [0.2, 0.25) is 0 Å². The number of carbonyl (C=O) groups is 1. The Labute approximate surface area is 149 Å². The van der Waals surface area contributed by atoms with E-state index < -0.39 is 11.6 Å². The average molecular weight is 366 g/mol. The van der Waals surface area contributed by atoms with Gasteiger partial charge in [-0.1, -0.05) is 6.07 Å². The van der Waals surface area contributed by atoms with Gasteiger partial charge >= 0.3 is 0 Å². The molecule has 7 heteroatoms. The van der Waals surface area contributed by atoms with Crippen LogP contribution in [0.15, 0.2) is 35.7 Å². The summed E-state index contributed by atoms with van der Waals surface area (Å²) >= 11 is 1.76. The summed E-state index contributed by atoms with van der Waals surface area (Å²) in [5.41, 5.74) is 0. The second-order valence-electron chi connectivity index (χ2n) is 5.92. The van der Waals surface area contributed by atoms with Crippen LogP contribution in [-0.4, -0.2) is 55.0 Å². The highest BCUT2D eigenvalue weighted by molar-refractivity contribution is 7.09. The first-order valence-electron chi connectivity index (χ1n) is 8.22. The molecule has 0 unspecified atom stereocenters. The first-order valence-corrected chi connectivity index (χ1v) is 9.10. The standard InChI is InChI=1S/C18H20F2N2O2S/c19-14-3-4-17(16(20)12-14)24-13-18(23)22-9-7-21(8-10-22)6-5-15-2-1-11-25-15/h1-4,11-12H,5-10,13H2. The predicted molar refractivity (Wildman–Crippen MR) is 92.9 cm³/mol. The lowest BCUT2D eigenvalue weighted by Crippen LogP contribution is -2.50. The Hall–Kier alpha value is -1.99. The molecule has 0 aliphatic carbocycles. The van der Waals surface area contributed by atoms with Crippen LogP contribution in [-0.2, 0) is 11.2 Å². The topological polar surface area (TPSA) is 32.8 Å². The number of rotatable bonds is 6. The number of amides is 1. The van der Waals surface area contributed by atoms with Crippen LogP contribution in [0.5, 0.6) is 5.75 Å². The molecular formula is C18H20F2N2O2S. The van der Waals surface area contributed by atoms with E-state index in [1.165, 1.54) is 10.9 Å². The fraction of sp³-hybridized carbons (Fsp3) is 0.389. The Bertz CT molecular complexity index is 701. The second kappa shape index (κ2) is 8.40. The minimum Gasteiger partial charge on any atom is -0.481 e. The van der Waals surface area contributed by atoms with Crippen molar-refractivity contribution in [1.82, 2.24) is 9.80 Å². The van der Waals surface area contributed by atoms with Crippen LogP contribution in [0.2, 0.25) is 0 Å². The van der Waals surface area contributed by atoms with Gasteiger partial charge in [0, 0.05) is 43.7 Å². The Kier molecular flexibility index (Phi) is 5.99. The van der Waals surface area contributed by atoms with E-state index in [-0.39, 0.29) is 18.3 Å². The Balaban J connectivity index is 1.40. The van der Waals surface area contributed by atoms with Crippen molar-refractivity contribution in [2.45, 2.75) is 6.42 Å². The third-order valence-corrected chi connectivity index (χ3v) is 5.16. The van der Waals surface area contributed by atoms with E-state index in [0.717, 1.165) is 38.2 Å². The lowest BCUT2D eigenvalue weighted by molar-refractivity contribution is -0.135. The quantitative estimate of drug-likeness (QED) is 0.788. The molecule has 0 atom stereocenters. The maximum absolute atomic E-state index is 13.5. The molecule has 1 aromatic carbocycles. The van der Waals surface area contributed by atoms with Crippen molar-refractivity contribution in [2.75, 3.05) is 39.3 Å². The Morgan fingerprint density at radius 1 is 1.16 bits per heavy atom. The SMILES string of the molecule is O=C(COc1ccc(F)cc1F)N1CCN(CCc2cccs2)CC1. The van der Waals surface area contributed by atoms with E-state index in [2.05, 4.69) is 22.4 Å². The van der Waals surface area contributed by atoms with Crippen molar-refractivity contribution in [3.63, 3.8) is 0 Å². The zero-order valence-corrected chi connectivity index (χ0v) is 14.6. The van der Waals surface area contributed by atoms with Gasteiger partial charge in [0.1, 0.15) is 5.82 Å². The number of ether oxygens (including phenoxy) is 1. The lowest BCUT2D eigenvalue weighted by atomic mass is 10.2. The molecule has 1 fully saturated rings. The van der Waals surface area contributed by atoms with E-state index >= 15 is 0 Å². The van der Waals surface area contributed by atoms with Gasteiger partial charge in [-0.2, -0.15) is 0 Å². The van der Waals surface area contributed by atoms with Gasteiger partial charge in [-0.15, -0.1) is 11.3 Å². The van der Waals surface area contributed by atoms with Crippen molar-refractivity contribution < 1.29 is 18.3 Å². The lowest BCUT2D eigenvalue weighted by Gasteiger charge is -2.34. The summed E-state index contributed by atoms with van der Waals surface area (Å²) in [5, 5.41) is 2.08. The molecule has 1 aliphatic rings. The summed E-state index contributed by atoms with van der Waals surface area (Å²) in [6, 6.07) is 7.23. The van der Waals surface area contributed by atoms with Crippen LogP contribution >= 0.6 is 11.3 Å². The zero-order chi connectivity index (χ0) is 17.6. The zero-order valence-electron chi connectivity index (χ0n) is 13.8. The van der Waals surface area contributed by atoms with E-state index in [0.29, 0.717) is 13.1 Å². The number of piperazine rings is 1. The van der Waals surface area contributed by atoms with E-state index in [9.17, 15) is 13.6 Å². The van der Waals surface area contributed by atoms with Crippen molar-refractivity contribution in [3.8, 4) is 5.75 Å². The molecule has 1 saturated heterocycles. The highest BCUT2D eigenvalue weighted by atomic mass is 32.1. The molecule has 0 spiro atoms. The van der Waals surface area contributed by atoms with Crippen LogP contribution in [0, 0.1) is 11.6 Å². The highest BCUT2D eigenvalue weighted by Gasteiger charge is 2.21. The minimum absolute atomic E-state index is 0.107. The van der Waals surface area contributed by atoms with Gasteiger partial charge in [-0.3, -0.25) is 9.69 Å². The number of benzene rings is 1. The summed E-state index contributed by atoms with van der Waals surface area (Å²) in [7, 11) is 0. The second-order valence-corrected chi connectivity index (χ2v) is 6.95. The number of hydrogen-bond donors (Lipinski definition) is 0. The summed E-state index contributed by atoms with van der Waals surface area (Å²) < 4.78 is 31.5. The molecule has 0 bridgehead atoms. The van der Waals surface area contributed by atoms with E-state index in [1.807, 2.05) is 0 Å². The molecule has 1 aliphatic heterocycles. The van der Waals surface area contributed by atoms with Crippen molar-refractivity contribution >= 4 is 17.2 Å². The Morgan fingerprint density at radius 3 is 2.64 bits per heavy atom. The average Bonchev–Trinajstić information content (AvgIpc) is 3.13. The minimum atomic E-state index is -0.800. The van der Waals surface area contributed by atoms with Crippen LogP contribution in [0.1, 0.15) is 4.88 Å². The summed E-state index contributed by atoms with van der Waals surface area (Å²) in [6.07, 6.45) is 1.03. The molecule has 1 aromatic heterocycles. The maximum Gasteiger partial charge on any atom is 0.260 e. The number of hydrogen-bond acceptors (Lipinski definition) is 4. The van der Waals surface area contributed by atoms with Gasteiger partial charge in [-0.05, 0) is 30.0 Å². The van der Waals surface area contributed by atoms with Gasteiger partial charge in [0.25, 0.3) is 5.91 Å². The van der Waals surface area contributed by atoms with Crippen LogP contribution in [0.25, 0.3) is 0 Å². The third-order valence-electron chi connectivity index (χ3n) is 4.22. The molecule has 2 heterocycles. The molecule has 134 valence electrons. The molecule has 3 rings (SSSR count). The molecule has 1 amide bonds. The number of carbonyl (C=O) groups excluding carboxylic acids is 1. The number of thiophene rings is 1. The van der Waals surface area contributed by atoms with Gasteiger partial charge in [-0.25, -0.2) is 8.78 Å². The van der Waals surface area contributed by atoms with Crippen molar-refractivity contribution in [2.24, 2.45) is 0 Å². The fourth-order valence-corrected chi connectivity index (χ4v) is 3.47. The number of halogens is 2. The number of nitrogens with zero attached hydrogens (tertiary/aromatic N) is 2. The molecular weight excluding hydrogens is 346 g/mol. The predicted octanol–water partition coefficient (Wildman–Crippen LogP) is 2.79. The van der Waals surface area contributed by atoms with Crippen LogP contribution in [0.4, 0.5) is 8.78 Å². The maximum atomic E-state index is 13.5. The molecule has 4 nitrogen and oxygen atoms in total. The summed E-state index contributed by atoms with van der Waals surface area (Å²) in [4.78, 5) is 17.6. The smallest absolute Gasteiger partial charge is 0.260 e. The van der Waals surface area contributed by atoms with Crippen LogP contribution < -0.4 is 4.74 Å². The molecule has 25 heavy (non-hydrogen) atoms. The summed E-state index contributed by atoms with van der Waals surface area (Å²) in [5.74, 6) is -1.76. The highest BCUT2D eigenvalue weighted by Crippen LogP contribution is 2.17.